The van der Waals surface area contributed by atoms with Crippen molar-refractivity contribution < 1.29 is 9.84 Å². The molecule has 4 heteroatoms. The first-order valence-electron chi connectivity index (χ1n) is 6.82. The first-order chi connectivity index (χ1) is 9.63. The number of phenols is 1. The maximum atomic E-state index is 9.61. The van der Waals surface area contributed by atoms with Crippen LogP contribution in [0.2, 0.25) is 0 Å². The molecule has 0 amide bonds. The molecule has 1 unspecified atom stereocenters. The van der Waals surface area contributed by atoms with Gasteiger partial charge in [0.2, 0.25) is 0 Å². The fourth-order valence-electron chi connectivity index (χ4n) is 2.04. The molecule has 108 valence electrons. The molecule has 2 rings (SSSR count). The van der Waals surface area contributed by atoms with Crippen LogP contribution in [0.3, 0.4) is 0 Å². The lowest BCUT2D eigenvalue weighted by molar-refractivity contribution is 0.372. The number of hydrogen-bond donors (Lipinski definition) is 2. The van der Waals surface area contributed by atoms with Crippen LogP contribution in [0.15, 0.2) is 30.3 Å². The van der Waals surface area contributed by atoms with Gasteiger partial charge >= 0.3 is 0 Å². The van der Waals surface area contributed by atoms with E-state index < -0.39 is 0 Å². The highest BCUT2D eigenvalue weighted by molar-refractivity contribution is 7.11. The summed E-state index contributed by atoms with van der Waals surface area (Å²) in [6.45, 7) is 5.14. The number of nitrogens with one attached hydrogen (secondary N) is 1. The van der Waals surface area contributed by atoms with Crippen LogP contribution in [0.5, 0.6) is 11.5 Å². The van der Waals surface area contributed by atoms with Crippen LogP contribution in [-0.2, 0) is 13.0 Å². The maximum absolute atomic E-state index is 9.61. The number of aryl methyl sites for hydroxylation is 1. The van der Waals surface area contributed by atoms with Gasteiger partial charge in [-0.2, -0.15) is 0 Å². The lowest BCUT2D eigenvalue weighted by Gasteiger charge is -2.15. The number of rotatable bonds is 6. The van der Waals surface area contributed by atoms with Gasteiger partial charge in [-0.3, -0.25) is 0 Å². The maximum Gasteiger partial charge on any atom is 0.160 e. The Morgan fingerprint density at radius 1 is 1.25 bits per heavy atom. The molecule has 20 heavy (non-hydrogen) atoms. The van der Waals surface area contributed by atoms with E-state index in [4.69, 9.17) is 4.74 Å². The van der Waals surface area contributed by atoms with E-state index >= 15 is 0 Å². The summed E-state index contributed by atoms with van der Waals surface area (Å²) in [4.78, 5) is 2.76. The Hall–Kier alpha value is -1.52. The topological polar surface area (TPSA) is 41.5 Å². The summed E-state index contributed by atoms with van der Waals surface area (Å²) in [7, 11) is 1.56. The number of methoxy groups -OCH3 is 1. The van der Waals surface area contributed by atoms with Crippen molar-refractivity contribution in [1.82, 2.24) is 5.32 Å². The van der Waals surface area contributed by atoms with Gasteiger partial charge in [0.15, 0.2) is 11.5 Å². The molecule has 0 fully saturated rings. The van der Waals surface area contributed by atoms with Gasteiger partial charge in [0.1, 0.15) is 0 Å². The number of phenolic OH excluding ortho intramolecular Hbond substituents is 1. The van der Waals surface area contributed by atoms with E-state index in [-0.39, 0.29) is 11.8 Å². The summed E-state index contributed by atoms with van der Waals surface area (Å²) >= 11 is 1.85. The Bertz CT molecular complexity index is 565. The smallest absolute Gasteiger partial charge is 0.160 e. The van der Waals surface area contributed by atoms with E-state index in [0.29, 0.717) is 5.75 Å². The van der Waals surface area contributed by atoms with Crippen LogP contribution < -0.4 is 10.1 Å². The van der Waals surface area contributed by atoms with Crippen molar-refractivity contribution in [2.45, 2.75) is 32.9 Å². The van der Waals surface area contributed by atoms with Crippen molar-refractivity contribution in [3.05, 3.63) is 45.6 Å². The molecule has 2 N–H and O–H groups in total. The minimum Gasteiger partial charge on any atom is -0.504 e. The summed E-state index contributed by atoms with van der Waals surface area (Å²) in [6, 6.07) is 10.0. The molecule has 0 bridgehead atoms. The lowest BCUT2D eigenvalue weighted by atomic mass is 10.1. The molecule has 0 aliphatic heterocycles. The highest BCUT2D eigenvalue weighted by atomic mass is 32.1. The van der Waals surface area contributed by atoms with Crippen LogP contribution in [0, 0.1) is 0 Å². The van der Waals surface area contributed by atoms with Crippen LogP contribution in [0.25, 0.3) is 0 Å². The zero-order chi connectivity index (χ0) is 14.5. The van der Waals surface area contributed by atoms with Crippen LogP contribution in [-0.4, -0.2) is 12.2 Å². The molecule has 2 aromatic rings. The summed E-state index contributed by atoms with van der Waals surface area (Å²) in [6.07, 6.45) is 1.09. The fourth-order valence-corrected chi connectivity index (χ4v) is 2.95. The molecule has 0 aliphatic carbocycles. The van der Waals surface area contributed by atoms with Gasteiger partial charge in [-0.1, -0.05) is 13.0 Å². The molecule has 1 atom stereocenters. The second kappa shape index (κ2) is 6.77. The molecule has 0 spiro atoms. The Morgan fingerprint density at radius 3 is 2.65 bits per heavy atom. The van der Waals surface area contributed by atoms with Gasteiger partial charge in [0.25, 0.3) is 0 Å². The van der Waals surface area contributed by atoms with E-state index in [0.717, 1.165) is 18.5 Å². The number of thiophene rings is 1. The zero-order valence-electron chi connectivity index (χ0n) is 12.1. The Labute approximate surface area is 124 Å². The van der Waals surface area contributed by atoms with E-state index in [1.807, 2.05) is 23.5 Å². The van der Waals surface area contributed by atoms with Crippen molar-refractivity contribution in [3.63, 3.8) is 0 Å². The SMILES string of the molecule is CCc1ccc(CNC(C)c2ccc(O)c(OC)c2)s1. The molecule has 1 aromatic carbocycles. The van der Waals surface area contributed by atoms with Crippen LogP contribution >= 0.6 is 11.3 Å². The van der Waals surface area contributed by atoms with E-state index in [1.54, 1.807) is 13.2 Å². The van der Waals surface area contributed by atoms with Gasteiger partial charge in [-0.25, -0.2) is 0 Å². The van der Waals surface area contributed by atoms with Gasteiger partial charge in [-0.15, -0.1) is 11.3 Å². The van der Waals surface area contributed by atoms with Gasteiger partial charge in [0, 0.05) is 22.3 Å². The third kappa shape index (κ3) is 3.52. The number of ether oxygens (including phenoxy) is 1. The van der Waals surface area contributed by atoms with Crippen molar-refractivity contribution in [3.8, 4) is 11.5 Å². The first kappa shape index (κ1) is 14.9. The first-order valence-corrected chi connectivity index (χ1v) is 7.63. The second-order valence-corrected chi connectivity index (χ2v) is 6.01. The highest BCUT2D eigenvalue weighted by Gasteiger charge is 2.09. The van der Waals surface area contributed by atoms with E-state index in [1.165, 1.54) is 9.75 Å². The monoisotopic (exact) mass is 291 g/mol. The summed E-state index contributed by atoms with van der Waals surface area (Å²) in [5.74, 6) is 0.690. The number of hydrogen-bond acceptors (Lipinski definition) is 4. The van der Waals surface area contributed by atoms with Crippen LogP contribution in [0.1, 0.15) is 35.2 Å². The molecule has 0 aliphatic rings. The summed E-state index contributed by atoms with van der Waals surface area (Å²) < 4.78 is 5.14. The third-order valence-corrected chi connectivity index (χ3v) is 4.58. The molecular weight excluding hydrogens is 270 g/mol. The average molecular weight is 291 g/mol. The van der Waals surface area contributed by atoms with E-state index in [9.17, 15) is 5.11 Å². The second-order valence-electron chi connectivity index (χ2n) is 4.76. The Kier molecular flexibility index (Phi) is 5.04. The normalized spacial score (nSPS) is 12.3. The number of aromatic hydroxyl groups is 1. The molecule has 0 saturated heterocycles. The van der Waals surface area contributed by atoms with Crippen LogP contribution in [0.4, 0.5) is 0 Å². The predicted octanol–water partition coefficient (Wildman–Crippen LogP) is 3.88. The van der Waals surface area contributed by atoms with Crippen molar-refractivity contribution in [1.29, 1.82) is 0 Å². The van der Waals surface area contributed by atoms with Gasteiger partial charge < -0.3 is 15.2 Å². The third-order valence-electron chi connectivity index (χ3n) is 3.35. The van der Waals surface area contributed by atoms with Crippen molar-refractivity contribution in [2.75, 3.05) is 7.11 Å². The van der Waals surface area contributed by atoms with Crippen molar-refractivity contribution >= 4 is 11.3 Å². The minimum absolute atomic E-state index is 0.175. The lowest BCUT2D eigenvalue weighted by Crippen LogP contribution is -2.17. The van der Waals surface area contributed by atoms with Gasteiger partial charge in [0.05, 0.1) is 7.11 Å². The summed E-state index contributed by atoms with van der Waals surface area (Å²) in [5.41, 5.74) is 1.10. The quantitative estimate of drug-likeness (QED) is 0.848. The largest absolute Gasteiger partial charge is 0.504 e. The standard InChI is InChI=1S/C16H21NO2S/c1-4-13-6-7-14(20-13)10-17-11(2)12-5-8-15(18)16(9-12)19-3/h5-9,11,17-18H,4,10H2,1-3H3. The minimum atomic E-state index is 0.175. The van der Waals surface area contributed by atoms with Gasteiger partial charge in [-0.05, 0) is 43.2 Å². The van der Waals surface area contributed by atoms with E-state index in [2.05, 4.69) is 31.3 Å². The Morgan fingerprint density at radius 2 is 2.00 bits per heavy atom. The van der Waals surface area contributed by atoms with Crippen molar-refractivity contribution in [2.24, 2.45) is 0 Å². The molecule has 3 nitrogen and oxygen atoms in total. The molecule has 0 radical (unpaired) electrons. The number of benzene rings is 1. The fraction of sp³-hybridized carbons (Fsp3) is 0.375. The molecule has 1 heterocycles. The Balaban J connectivity index is 1.99. The highest BCUT2D eigenvalue weighted by Crippen LogP contribution is 2.29. The molecule has 0 saturated carbocycles. The zero-order valence-corrected chi connectivity index (χ0v) is 13.0. The molecular formula is C16H21NO2S. The predicted molar refractivity (Wildman–Crippen MR) is 83.6 cm³/mol. The average Bonchev–Trinajstić information content (AvgIpc) is 2.93. The summed E-state index contributed by atoms with van der Waals surface area (Å²) in [5, 5.41) is 13.1. The molecule has 1 aromatic heterocycles.